The fourth-order valence-corrected chi connectivity index (χ4v) is 2.69. The Morgan fingerprint density at radius 3 is 3.16 bits per heavy atom. The lowest BCUT2D eigenvalue weighted by Crippen LogP contribution is -2.38. The third-order valence-corrected chi connectivity index (χ3v) is 3.84. The molecule has 1 unspecified atom stereocenters. The standard InChI is InChI=1S/C12H16BrN5O/c13-10-4-3-9(19-10)11-15-12(17-16-11)18-5-1-2-8(6-14)7-18/h3-4,8H,1-2,5-7,14H2,(H,15,16,17). The number of furan rings is 1. The molecular formula is C12H16BrN5O. The van der Waals surface area contributed by atoms with Crippen molar-refractivity contribution in [2.75, 3.05) is 24.5 Å². The fraction of sp³-hybridized carbons (Fsp3) is 0.500. The molecule has 0 aromatic carbocycles. The maximum absolute atomic E-state index is 5.75. The first-order valence-electron chi connectivity index (χ1n) is 6.39. The van der Waals surface area contributed by atoms with Crippen LogP contribution in [0.5, 0.6) is 0 Å². The van der Waals surface area contributed by atoms with Crippen molar-refractivity contribution >= 4 is 21.9 Å². The minimum Gasteiger partial charge on any atom is -0.446 e. The van der Waals surface area contributed by atoms with E-state index in [0.717, 1.165) is 32.0 Å². The maximum Gasteiger partial charge on any atom is 0.245 e. The van der Waals surface area contributed by atoms with E-state index in [-0.39, 0.29) is 0 Å². The van der Waals surface area contributed by atoms with Crippen molar-refractivity contribution in [3.63, 3.8) is 0 Å². The highest BCUT2D eigenvalue weighted by atomic mass is 79.9. The average Bonchev–Trinajstić information content (AvgIpc) is 3.07. The summed E-state index contributed by atoms with van der Waals surface area (Å²) in [5.74, 6) is 2.59. The Labute approximate surface area is 119 Å². The Balaban J connectivity index is 1.77. The molecular weight excluding hydrogens is 310 g/mol. The van der Waals surface area contributed by atoms with E-state index in [1.807, 2.05) is 12.1 Å². The van der Waals surface area contributed by atoms with E-state index in [2.05, 4.69) is 36.0 Å². The second-order valence-electron chi connectivity index (χ2n) is 4.78. The first-order valence-corrected chi connectivity index (χ1v) is 7.18. The largest absolute Gasteiger partial charge is 0.446 e. The van der Waals surface area contributed by atoms with Gasteiger partial charge in [0.15, 0.2) is 16.3 Å². The van der Waals surface area contributed by atoms with Gasteiger partial charge in [0.25, 0.3) is 0 Å². The molecule has 1 atom stereocenters. The van der Waals surface area contributed by atoms with Gasteiger partial charge < -0.3 is 15.1 Å². The van der Waals surface area contributed by atoms with Gasteiger partial charge in [0.05, 0.1) is 0 Å². The molecule has 0 aliphatic carbocycles. The van der Waals surface area contributed by atoms with Crippen LogP contribution in [0.4, 0.5) is 5.95 Å². The van der Waals surface area contributed by atoms with Crippen LogP contribution >= 0.6 is 15.9 Å². The highest BCUT2D eigenvalue weighted by Gasteiger charge is 2.22. The van der Waals surface area contributed by atoms with E-state index in [0.29, 0.717) is 22.2 Å². The number of nitrogens with two attached hydrogens (primary N) is 1. The number of rotatable bonds is 3. The topological polar surface area (TPSA) is 84.0 Å². The molecule has 1 fully saturated rings. The normalized spacial score (nSPS) is 19.9. The summed E-state index contributed by atoms with van der Waals surface area (Å²) in [6.07, 6.45) is 2.33. The number of halogens is 1. The molecule has 1 aliphatic heterocycles. The molecule has 102 valence electrons. The molecule has 2 aromatic heterocycles. The van der Waals surface area contributed by atoms with Gasteiger partial charge in [-0.25, -0.2) is 0 Å². The van der Waals surface area contributed by atoms with Crippen LogP contribution < -0.4 is 10.6 Å². The molecule has 3 heterocycles. The third kappa shape index (κ3) is 2.66. The molecule has 0 saturated carbocycles. The second kappa shape index (κ2) is 5.34. The SMILES string of the molecule is NCC1CCCN(c2n[nH]c(-c3ccc(Br)o3)n2)C1. The van der Waals surface area contributed by atoms with Crippen LogP contribution in [0.15, 0.2) is 21.2 Å². The number of nitrogens with zero attached hydrogens (tertiary/aromatic N) is 3. The number of hydrogen-bond donors (Lipinski definition) is 2. The van der Waals surface area contributed by atoms with Crippen LogP contribution in [0.25, 0.3) is 11.6 Å². The molecule has 0 radical (unpaired) electrons. The van der Waals surface area contributed by atoms with Crippen molar-refractivity contribution in [1.29, 1.82) is 0 Å². The third-order valence-electron chi connectivity index (χ3n) is 3.42. The zero-order chi connectivity index (χ0) is 13.2. The summed E-state index contributed by atoms with van der Waals surface area (Å²) in [5.41, 5.74) is 5.75. The zero-order valence-electron chi connectivity index (χ0n) is 10.5. The maximum atomic E-state index is 5.75. The van der Waals surface area contributed by atoms with E-state index in [4.69, 9.17) is 10.2 Å². The van der Waals surface area contributed by atoms with Gasteiger partial charge in [0.2, 0.25) is 5.95 Å². The predicted octanol–water partition coefficient (Wildman–Crippen LogP) is 2.00. The fourth-order valence-electron chi connectivity index (χ4n) is 2.39. The number of aromatic nitrogens is 3. The lowest BCUT2D eigenvalue weighted by molar-refractivity contribution is 0.420. The summed E-state index contributed by atoms with van der Waals surface area (Å²) in [7, 11) is 0. The van der Waals surface area contributed by atoms with E-state index in [9.17, 15) is 0 Å². The van der Waals surface area contributed by atoms with Gasteiger partial charge in [0, 0.05) is 13.1 Å². The van der Waals surface area contributed by atoms with Crippen molar-refractivity contribution in [2.45, 2.75) is 12.8 Å². The molecule has 1 saturated heterocycles. The number of hydrogen-bond acceptors (Lipinski definition) is 5. The summed E-state index contributed by atoms with van der Waals surface area (Å²) < 4.78 is 6.14. The van der Waals surface area contributed by atoms with E-state index < -0.39 is 0 Å². The van der Waals surface area contributed by atoms with E-state index in [1.165, 1.54) is 6.42 Å². The molecule has 3 N–H and O–H groups in total. The summed E-state index contributed by atoms with van der Waals surface area (Å²) in [4.78, 5) is 6.67. The molecule has 0 spiro atoms. The summed E-state index contributed by atoms with van der Waals surface area (Å²) >= 11 is 3.28. The molecule has 0 bridgehead atoms. The Morgan fingerprint density at radius 2 is 2.42 bits per heavy atom. The van der Waals surface area contributed by atoms with Gasteiger partial charge in [-0.3, -0.25) is 5.10 Å². The monoisotopic (exact) mass is 325 g/mol. The highest BCUT2D eigenvalue weighted by Crippen LogP contribution is 2.25. The number of anilines is 1. The van der Waals surface area contributed by atoms with E-state index >= 15 is 0 Å². The van der Waals surface area contributed by atoms with Crippen molar-refractivity contribution < 1.29 is 4.42 Å². The predicted molar refractivity (Wildman–Crippen MR) is 75.8 cm³/mol. The van der Waals surface area contributed by atoms with Crippen LogP contribution in [0.2, 0.25) is 0 Å². The number of aromatic amines is 1. The van der Waals surface area contributed by atoms with Crippen molar-refractivity contribution in [3.05, 3.63) is 16.8 Å². The first-order chi connectivity index (χ1) is 9.26. The van der Waals surface area contributed by atoms with Crippen LogP contribution in [-0.2, 0) is 0 Å². The Morgan fingerprint density at radius 1 is 1.53 bits per heavy atom. The lowest BCUT2D eigenvalue weighted by Gasteiger charge is -2.31. The molecule has 6 nitrogen and oxygen atoms in total. The summed E-state index contributed by atoms with van der Waals surface area (Å²) in [5, 5.41) is 7.18. The van der Waals surface area contributed by atoms with Crippen molar-refractivity contribution in [2.24, 2.45) is 11.7 Å². The minimum atomic E-state index is 0.536. The van der Waals surface area contributed by atoms with Crippen molar-refractivity contribution in [1.82, 2.24) is 15.2 Å². The summed E-state index contributed by atoms with van der Waals surface area (Å²) in [6, 6.07) is 3.69. The van der Waals surface area contributed by atoms with Gasteiger partial charge in [0.1, 0.15) is 0 Å². The zero-order valence-corrected chi connectivity index (χ0v) is 12.1. The Bertz CT molecular complexity index is 552. The lowest BCUT2D eigenvalue weighted by atomic mass is 9.99. The Hall–Kier alpha value is -1.34. The first kappa shape index (κ1) is 12.7. The van der Waals surface area contributed by atoms with Crippen molar-refractivity contribution in [3.8, 4) is 11.6 Å². The quantitative estimate of drug-likeness (QED) is 0.901. The summed E-state index contributed by atoms with van der Waals surface area (Å²) in [6.45, 7) is 2.63. The van der Waals surface area contributed by atoms with Gasteiger partial charge in [-0.05, 0) is 53.4 Å². The van der Waals surface area contributed by atoms with Gasteiger partial charge >= 0.3 is 0 Å². The molecule has 19 heavy (non-hydrogen) atoms. The van der Waals surface area contributed by atoms with Crippen LogP contribution in [-0.4, -0.2) is 34.8 Å². The number of H-pyrrole nitrogens is 1. The average molecular weight is 326 g/mol. The van der Waals surface area contributed by atoms with Gasteiger partial charge in [-0.1, -0.05) is 0 Å². The molecule has 0 amide bonds. The highest BCUT2D eigenvalue weighted by molar-refractivity contribution is 9.10. The molecule has 1 aliphatic rings. The van der Waals surface area contributed by atoms with Crippen LogP contribution in [0, 0.1) is 5.92 Å². The van der Waals surface area contributed by atoms with Crippen LogP contribution in [0.1, 0.15) is 12.8 Å². The smallest absolute Gasteiger partial charge is 0.245 e. The van der Waals surface area contributed by atoms with Gasteiger partial charge in [-0.15, -0.1) is 5.10 Å². The van der Waals surface area contributed by atoms with Crippen LogP contribution in [0.3, 0.4) is 0 Å². The molecule has 2 aromatic rings. The van der Waals surface area contributed by atoms with Gasteiger partial charge in [-0.2, -0.15) is 4.98 Å². The molecule has 3 rings (SSSR count). The second-order valence-corrected chi connectivity index (χ2v) is 5.56. The Kier molecular flexibility index (Phi) is 3.56. The number of nitrogens with one attached hydrogen (secondary N) is 1. The minimum absolute atomic E-state index is 0.536. The van der Waals surface area contributed by atoms with E-state index in [1.54, 1.807) is 0 Å². The number of piperidine rings is 1. The molecule has 7 heteroatoms.